The number of hydrogen-bond acceptors (Lipinski definition) is 3. The SMILES string of the molecule is C=CCn1nc(C(=O)N2CCCCCC2)c2c1CCC(NCCc1ccccc1F)C2. The summed E-state index contributed by atoms with van der Waals surface area (Å²) in [5, 5.41) is 8.32. The number of carbonyl (C=O) groups is 1. The molecule has 166 valence electrons. The molecule has 1 unspecified atom stereocenters. The van der Waals surface area contributed by atoms with Gasteiger partial charge in [0, 0.05) is 30.4 Å². The van der Waals surface area contributed by atoms with Gasteiger partial charge < -0.3 is 10.2 Å². The number of likely N-dealkylation sites (tertiary alicyclic amines) is 1. The van der Waals surface area contributed by atoms with Crippen LogP contribution in [0.1, 0.15) is 59.4 Å². The average molecular weight is 425 g/mol. The molecule has 4 rings (SSSR count). The van der Waals surface area contributed by atoms with Crippen LogP contribution in [0.4, 0.5) is 4.39 Å². The van der Waals surface area contributed by atoms with Crippen molar-refractivity contribution >= 4 is 5.91 Å². The molecule has 5 nitrogen and oxygen atoms in total. The van der Waals surface area contributed by atoms with Gasteiger partial charge >= 0.3 is 0 Å². The summed E-state index contributed by atoms with van der Waals surface area (Å²) >= 11 is 0. The number of nitrogens with zero attached hydrogens (tertiary/aromatic N) is 3. The lowest BCUT2D eigenvalue weighted by molar-refractivity contribution is 0.0753. The summed E-state index contributed by atoms with van der Waals surface area (Å²) in [4.78, 5) is 15.3. The fourth-order valence-electron chi connectivity index (χ4n) is 4.84. The maximum atomic E-state index is 13.9. The van der Waals surface area contributed by atoms with E-state index in [2.05, 4.69) is 11.9 Å². The first-order valence-electron chi connectivity index (χ1n) is 11.6. The van der Waals surface area contributed by atoms with Crippen molar-refractivity contribution in [1.29, 1.82) is 0 Å². The highest BCUT2D eigenvalue weighted by atomic mass is 19.1. The van der Waals surface area contributed by atoms with E-state index in [4.69, 9.17) is 5.10 Å². The highest BCUT2D eigenvalue weighted by Gasteiger charge is 2.31. The molecule has 1 fully saturated rings. The van der Waals surface area contributed by atoms with Crippen molar-refractivity contribution in [3.63, 3.8) is 0 Å². The first-order valence-corrected chi connectivity index (χ1v) is 11.6. The molecule has 2 aromatic rings. The van der Waals surface area contributed by atoms with Crippen molar-refractivity contribution < 1.29 is 9.18 Å². The van der Waals surface area contributed by atoms with Crippen LogP contribution in [-0.2, 0) is 25.8 Å². The number of aromatic nitrogens is 2. The monoisotopic (exact) mass is 424 g/mol. The maximum absolute atomic E-state index is 13.9. The van der Waals surface area contributed by atoms with Crippen LogP contribution in [0.2, 0.25) is 0 Å². The molecule has 1 aliphatic heterocycles. The van der Waals surface area contributed by atoms with E-state index in [9.17, 15) is 9.18 Å². The van der Waals surface area contributed by atoms with Crippen molar-refractivity contribution in [3.8, 4) is 0 Å². The van der Waals surface area contributed by atoms with Gasteiger partial charge in [0.25, 0.3) is 5.91 Å². The fraction of sp³-hybridized carbons (Fsp3) is 0.520. The summed E-state index contributed by atoms with van der Waals surface area (Å²) in [6, 6.07) is 7.22. The standard InChI is InChI=1S/C25H33FN4O/c1-2-15-30-23-12-11-20(27-14-13-19-9-5-6-10-22(19)26)18-21(23)24(28-30)25(31)29-16-7-3-4-8-17-29/h2,5-6,9-10,20,27H,1,3-4,7-8,11-18H2. The first-order chi connectivity index (χ1) is 15.2. The van der Waals surface area contributed by atoms with E-state index in [-0.39, 0.29) is 17.8 Å². The molecule has 1 amide bonds. The third kappa shape index (κ3) is 5.06. The fourth-order valence-corrected chi connectivity index (χ4v) is 4.84. The van der Waals surface area contributed by atoms with Crippen LogP contribution in [0.15, 0.2) is 36.9 Å². The Morgan fingerprint density at radius 3 is 2.74 bits per heavy atom. The summed E-state index contributed by atoms with van der Waals surface area (Å²) in [7, 11) is 0. The largest absolute Gasteiger partial charge is 0.337 e. The molecule has 6 heteroatoms. The average Bonchev–Trinajstić information content (AvgIpc) is 2.94. The van der Waals surface area contributed by atoms with E-state index in [1.807, 2.05) is 27.8 Å². The molecule has 1 N–H and O–H groups in total. The molecule has 1 saturated heterocycles. The molecular weight excluding hydrogens is 391 g/mol. The Morgan fingerprint density at radius 1 is 1.23 bits per heavy atom. The summed E-state index contributed by atoms with van der Waals surface area (Å²) < 4.78 is 15.8. The van der Waals surface area contributed by atoms with Crippen molar-refractivity contribution in [2.75, 3.05) is 19.6 Å². The number of allylic oxidation sites excluding steroid dienone is 1. The Balaban J connectivity index is 1.46. The van der Waals surface area contributed by atoms with Crippen LogP contribution in [0.5, 0.6) is 0 Å². The normalized spacial score (nSPS) is 19.0. The van der Waals surface area contributed by atoms with E-state index in [1.54, 1.807) is 6.07 Å². The van der Waals surface area contributed by atoms with Gasteiger partial charge in [-0.15, -0.1) is 6.58 Å². The minimum atomic E-state index is -0.147. The number of fused-ring (bicyclic) bond motifs is 1. The Kier molecular flexibility index (Phi) is 7.17. The number of nitrogens with one attached hydrogen (secondary N) is 1. The van der Waals surface area contributed by atoms with Crippen molar-refractivity contribution in [3.05, 3.63) is 65.3 Å². The van der Waals surface area contributed by atoms with E-state index >= 15 is 0 Å². The molecule has 2 aliphatic rings. The summed E-state index contributed by atoms with van der Waals surface area (Å²) in [5.74, 6) is -0.0702. The van der Waals surface area contributed by atoms with Crippen LogP contribution >= 0.6 is 0 Å². The Bertz CT molecular complexity index is 914. The molecular formula is C25H33FN4O. The van der Waals surface area contributed by atoms with Crippen molar-refractivity contribution in [2.45, 2.75) is 64.0 Å². The van der Waals surface area contributed by atoms with E-state index in [1.165, 1.54) is 24.6 Å². The third-order valence-corrected chi connectivity index (χ3v) is 6.53. The molecule has 31 heavy (non-hydrogen) atoms. The summed E-state index contributed by atoms with van der Waals surface area (Å²) in [5.41, 5.74) is 3.62. The van der Waals surface area contributed by atoms with Gasteiger partial charge in [0.1, 0.15) is 5.82 Å². The van der Waals surface area contributed by atoms with E-state index in [0.29, 0.717) is 18.7 Å². The highest BCUT2D eigenvalue weighted by molar-refractivity contribution is 5.94. The summed E-state index contributed by atoms with van der Waals surface area (Å²) in [6.07, 6.45) is 9.70. The van der Waals surface area contributed by atoms with Gasteiger partial charge in [0.05, 0.1) is 6.54 Å². The molecule has 1 atom stereocenters. The quantitative estimate of drug-likeness (QED) is 0.686. The lowest BCUT2D eigenvalue weighted by atomic mass is 9.91. The molecule has 1 aromatic carbocycles. The van der Waals surface area contributed by atoms with Crippen LogP contribution in [0.3, 0.4) is 0 Å². The molecule has 0 radical (unpaired) electrons. The number of halogens is 1. The second-order valence-corrected chi connectivity index (χ2v) is 8.69. The van der Waals surface area contributed by atoms with Gasteiger partial charge in [-0.2, -0.15) is 5.10 Å². The Labute approximate surface area is 184 Å². The van der Waals surface area contributed by atoms with E-state index in [0.717, 1.165) is 62.9 Å². The predicted octanol–water partition coefficient (Wildman–Crippen LogP) is 3.91. The second kappa shape index (κ2) is 10.2. The minimum Gasteiger partial charge on any atom is -0.337 e. The molecule has 1 aliphatic carbocycles. The maximum Gasteiger partial charge on any atom is 0.274 e. The minimum absolute atomic E-state index is 0.0768. The van der Waals surface area contributed by atoms with Crippen LogP contribution in [0.25, 0.3) is 0 Å². The van der Waals surface area contributed by atoms with Gasteiger partial charge in [0.2, 0.25) is 0 Å². The zero-order valence-corrected chi connectivity index (χ0v) is 18.3. The van der Waals surface area contributed by atoms with E-state index < -0.39 is 0 Å². The number of amides is 1. The number of hydrogen-bond donors (Lipinski definition) is 1. The molecule has 0 bridgehead atoms. The predicted molar refractivity (Wildman–Crippen MR) is 121 cm³/mol. The van der Waals surface area contributed by atoms with Gasteiger partial charge in [0.15, 0.2) is 5.69 Å². The number of benzene rings is 1. The first kappa shape index (κ1) is 21.8. The lowest BCUT2D eigenvalue weighted by Gasteiger charge is -2.25. The lowest BCUT2D eigenvalue weighted by Crippen LogP contribution is -2.37. The molecule has 0 saturated carbocycles. The van der Waals surface area contributed by atoms with Gasteiger partial charge in [-0.25, -0.2) is 4.39 Å². The zero-order valence-electron chi connectivity index (χ0n) is 18.3. The van der Waals surface area contributed by atoms with Crippen LogP contribution in [0, 0.1) is 5.82 Å². The van der Waals surface area contributed by atoms with Gasteiger partial charge in [-0.1, -0.05) is 37.1 Å². The van der Waals surface area contributed by atoms with Gasteiger partial charge in [-0.3, -0.25) is 9.48 Å². The number of rotatable bonds is 7. The smallest absolute Gasteiger partial charge is 0.274 e. The highest BCUT2D eigenvalue weighted by Crippen LogP contribution is 2.27. The molecule has 2 heterocycles. The van der Waals surface area contributed by atoms with Crippen molar-refractivity contribution in [1.82, 2.24) is 20.0 Å². The topological polar surface area (TPSA) is 50.2 Å². The van der Waals surface area contributed by atoms with Crippen LogP contribution < -0.4 is 5.32 Å². The number of carbonyl (C=O) groups excluding carboxylic acids is 1. The Hall–Kier alpha value is -2.47. The summed E-state index contributed by atoms with van der Waals surface area (Å²) in [6.45, 7) is 6.85. The Morgan fingerprint density at radius 2 is 2.00 bits per heavy atom. The second-order valence-electron chi connectivity index (χ2n) is 8.69. The zero-order chi connectivity index (χ0) is 21.6. The van der Waals surface area contributed by atoms with Crippen molar-refractivity contribution in [2.24, 2.45) is 0 Å². The molecule has 0 spiro atoms. The van der Waals surface area contributed by atoms with Gasteiger partial charge in [-0.05, 0) is 56.7 Å². The van der Waals surface area contributed by atoms with Crippen LogP contribution in [-0.4, -0.2) is 46.3 Å². The molecule has 1 aromatic heterocycles. The third-order valence-electron chi connectivity index (χ3n) is 6.53.